The third-order valence-electron chi connectivity index (χ3n) is 4.46. The highest BCUT2D eigenvalue weighted by Crippen LogP contribution is 2.38. The molecule has 110 valence electrons. The molecular weight excluding hydrogens is 326 g/mol. The molecule has 1 aliphatic rings. The molecular formula is C18H20BrNO. The van der Waals surface area contributed by atoms with Crippen LogP contribution in [-0.4, -0.2) is 7.11 Å². The maximum Gasteiger partial charge on any atom is 0.123 e. The second-order valence-electron chi connectivity index (χ2n) is 5.81. The zero-order chi connectivity index (χ0) is 15.0. The molecule has 2 aromatic rings. The van der Waals surface area contributed by atoms with Crippen LogP contribution >= 0.6 is 15.9 Å². The summed E-state index contributed by atoms with van der Waals surface area (Å²) in [5.41, 5.74) is 11.7. The molecule has 2 N–H and O–H groups in total. The van der Waals surface area contributed by atoms with E-state index in [0.717, 1.165) is 34.2 Å². The van der Waals surface area contributed by atoms with E-state index in [0.29, 0.717) is 5.92 Å². The van der Waals surface area contributed by atoms with Crippen molar-refractivity contribution in [2.75, 3.05) is 7.11 Å². The van der Waals surface area contributed by atoms with Crippen LogP contribution in [0.1, 0.15) is 28.3 Å². The fourth-order valence-electron chi connectivity index (χ4n) is 3.21. The van der Waals surface area contributed by atoms with E-state index >= 15 is 0 Å². The molecule has 21 heavy (non-hydrogen) atoms. The van der Waals surface area contributed by atoms with Crippen LogP contribution in [0.15, 0.2) is 40.9 Å². The van der Waals surface area contributed by atoms with Gasteiger partial charge >= 0.3 is 0 Å². The highest BCUT2D eigenvalue weighted by atomic mass is 79.9. The Morgan fingerprint density at radius 2 is 1.81 bits per heavy atom. The van der Waals surface area contributed by atoms with E-state index in [1.54, 1.807) is 7.11 Å². The lowest BCUT2D eigenvalue weighted by Crippen LogP contribution is -2.22. The lowest BCUT2D eigenvalue weighted by molar-refractivity contribution is 0.387. The first-order chi connectivity index (χ1) is 10.1. The number of hydrogen-bond donors (Lipinski definition) is 1. The van der Waals surface area contributed by atoms with Gasteiger partial charge in [-0.2, -0.15) is 0 Å². The van der Waals surface area contributed by atoms with Crippen molar-refractivity contribution in [2.45, 2.75) is 25.8 Å². The highest BCUT2D eigenvalue weighted by molar-refractivity contribution is 9.10. The first-order valence-corrected chi connectivity index (χ1v) is 8.06. The maximum absolute atomic E-state index is 6.57. The lowest BCUT2D eigenvalue weighted by atomic mass is 9.90. The smallest absolute Gasteiger partial charge is 0.123 e. The predicted molar refractivity (Wildman–Crippen MR) is 89.7 cm³/mol. The van der Waals surface area contributed by atoms with E-state index in [2.05, 4.69) is 59.3 Å². The summed E-state index contributed by atoms with van der Waals surface area (Å²) in [6.45, 7) is 2.06. The highest BCUT2D eigenvalue weighted by Gasteiger charge is 2.29. The molecule has 1 unspecified atom stereocenters. The van der Waals surface area contributed by atoms with Crippen molar-refractivity contribution in [3.05, 3.63) is 63.1 Å². The summed E-state index contributed by atoms with van der Waals surface area (Å²) >= 11 is 3.60. The average Bonchev–Trinajstić information content (AvgIpc) is 2.92. The third-order valence-corrected chi connectivity index (χ3v) is 5.31. The standard InChI is InChI=1S/C18H20BrNO/c1-11-7-17(21-2)15(10-16(11)19)18(20)14-8-12-5-3-4-6-13(12)9-14/h3-7,10,14,18H,8-9,20H2,1-2H3. The molecule has 0 fully saturated rings. The largest absolute Gasteiger partial charge is 0.496 e. The molecule has 0 spiro atoms. The normalized spacial score (nSPS) is 15.8. The van der Waals surface area contributed by atoms with Gasteiger partial charge in [-0.05, 0) is 54.5 Å². The van der Waals surface area contributed by atoms with Crippen LogP contribution < -0.4 is 10.5 Å². The van der Waals surface area contributed by atoms with E-state index in [1.807, 2.05) is 0 Å². The number of hydrogen-bond acceptors (Lipinski definition) is 2. The molecule has 0 saturated carbocycles. The second-order valence-corrected chi connectivity index (χ2v) is 6.66. The van der Waals surface area contributed by atoms with Crippen molar-refractivity contribution in [3.8, 4) is 5.75 Å². The molecule has 2 nitrogen and oxygen atoms in total. The van der Waals surface area contributed by atoms with Crippen LogP contribution in [0.3, 0.4) is 0 Å². The molecule has 0 aliphatic heterocycles. The van der Waals surface area contributed by atoms with Gasteiger partial charge in [0.25, 0.3) is 0 Å². The van der Waals surface area contributed by atoms with E-state index in [9.17, 15) is 0 Å². The van der Waals surface area contributed by atoms with Gasteiger partial charge in [0.2, 0.25) is 0 Å². The molecule has 0 amide bonds. The molecule has 1 aliphatic carbocycles. The number of ether oxygens (including phenoxy) is 1. The van der Waals surface area contributed by atoms with Gasteiger partial charge in [0.1, 0.15) is 5.75 Å². The van der Waals surface area contributed by atoms with Crippen molar-refractivity contribution in [1.82, 2.24) is 0 Å². The lowest BCUT2D eigenvalue weighted by Gasteiger charge is -2.22. The van der Waals surface area contributed by atoms with Crippen LogP contribution in [0.4, 0.5) is 0 Å². The Labute approximate surface area is 134 Å². The van der Waals surface area contributed by atoms with Crippen LogP contribution in [0.5, 0.6) is 5.75 Å². The Bertz CT molecular complexity index is 643. The van der Waals surface area contributed by atoms with E-state index in [4.69, 9.17) is 10.5 Å². The number of nitrogens with two attached hydrogens (primary N) is 1. The Morgan fingerprint density at radius 1 is 1.19 bits per heavy atom. The predicted octanol–water partition coefficient (Wildman–Crippen LogP) is 4.18. The second kappa shape index (κ2) is 5.82. The molecule has 0 bridgehead atoms. The monoisotopic (exact) mass is 345 g/mol. The minimum Gasteiger partial charge on any atom is -0.496 e. The quantitative estimate of drug-likeness (QED) is 0.905. The average molecular weight is 346 g/mol. The number of methoxy groups -OCH3 is 1. The SMILES string of the molecule is COc1cc(C)c(Br)cc1C(N)C1Cc2ccccc2C1. The van der Waals surface area contributed by atoms with Crippen molar-refractivity contribution in [3.63, 3.8) is 0 Å². The molecule has 3 heteroatoms. The molecule has 1 atom stereocenters. The van der Waals surface area contributed by atoms with Gasteiger partial charge in [-0.25, -0.2) is 0 Å². The summed E-state index contributed by atoms with van der Waals surface area (Å²) in [7, 11) is 1.71. The van der Waals surface area contributed by atoms with Crippen LogP contribution in [-0.2, 0) is 12.8 Å². The number of aryl methyl sites for hydroxylation is 1. The van der Waals surface area contributed by atoms with Gasteiger partial charge < -0.3 is 10.5 Å². The van der Waals surface area contributed by atoms with Gasteiger partial charge in [-0.1, -0.05) is 40.2 Å². The third kappa shape index (κ3) is 2.72. The van der Waals surface area contributed by atoms with Gasteiger partial charge in [0.15, 0.2) is 0 Å². The fraction of sp³-hybridized carbons (Fsp3) is 0.333. The zero-order valence-corrected chi connectivity index (χ0v) is 14.0. The van der Waals surface area contributed by atoms with E-state index in [-0.39, 0.29) is 6.04 Å². The van der Waals surface area contributed by atoms with Crippen molar-refractivity contribution < 1.29 is 4.74 Å². The minimum atomic E-state index is -0.00995. The summed E-state index contributed by atoms with van der Waals surface area (Å²) < 4.78 is 6.63. The van der Waals surface area contributed by atoms with Crippen molar-refractivity contribution in [2.24, 2.45) is 11.7 Å². The van der Waals surface area contributed by atoms with Gasteiger partial charge in [-0.3, -0.25) is 0 Å². The maximum atomic E-state index is 6.57. The summed E-state index contributed by atoms with van der Waals surface area (Å²) in [5, 5.41) is 0. The topological polar surface area (TPSA) is 35.2 Å². The molecule has 0 saturated heterocycles. The number of benzene rings is 2. The number of halogens is 1. The number of fused-ring (bicyclic) bond motifs is 1. The molecule has 3 rings (SSSR count). The zero-order valence-electron chi connectivity index (χ0n) is 12.4. The molecule has 0 heterocycles. The fourth-order valence-corrected chi connectivity index (χ4v) is 3.57. The van der Waals surface area contributed by atoms with Crippen molar-refractivity contribution >= 4 is 15.9 Å². The molecule has 0 aromatic heterocycles. The number of rotatable bonds is 3. The Hall–Kier alpha value is -1.32. The summed E-state index contributed by atoms with van der Waals surface area (Å²) in [5.74, 6) is 1.32. The first-order valence-electron chi connectivity index (χ1n) is 7.26. The van der Waals surface area contributed by atoms with Gasteiger partial charge in [-0.15, -0.1) is 0 Å². The van der Waals surface area contributed by atoms with Crippen LogP contribution in [0.25, 0.3) is 0 Å². The first kappa shape index (κ1) is 14.6. The van der Waals surface area contributed by atoms with E-state index in [1.165, 1.54) is 11.1 Å². The summed E-state index contributed by atoms with van der Waals surface area (Å²) in [6.07, 6.45) is 2.10. The summed E-state index contributed by atoms with van der Waals surface area (Å²) in [4.78, 5) is 0. The Balaban J connectivity index is 1.90. The molecule has 2 aromatic carbocycles. The Morgan fingerprint density at radius 3 is 2.38 bits per heavy atom. The van der Waals surface area contributed by atoms with E-state index < -0.39 is 0 Å². The Kier molecular flexibility index (Phi) is 4.05. The van der Waals surface area contributed by atoms with Crippen molar-refractivity contribution in [1.29, 1.82) is 0 Å². The van der Waals surface area contributed by atoms with Crippen LogP contribution in [0.2, 0.25) is 0 Å². The van der Waals surface area contributed by atoms with Gasteiger partial charge in [0, 0.05) is 16.1 Å². The van der Waals surface area contributed by atoms with Gasteiger partial charge in [0.05, 0.1) is 7.11 Å². The van der Waals surface area contributed by atoms with Crippen LogP contribution in [0, 0.1) is 12.8 Å². The summed E-state index contributed by atoms with van der Waals surface area (Å²) in [6, 6.07) is 12.8. The molecule has 0 radical (unpaired) electrons. The minimum absolute atomic E-state index is 0.00995.